The fourth-order valence-electron chi connectivity index (χ4n) is 2.89. The van der Waals surface area contributed by atoms with Crippen molar-refractivity contribution in [2.45, 2.75) is 25.9 Å². The van der Waals surface area contributed by atoms with Crippen LogP contribution in [0.5, 0.6) is 11.5 Å². The number of amides is 1. The van der Waals surface area contributed by atoms with Crippen LogP contribution in [0.3, 0.4) is 0 Å². The lowest BCUT2D eigenvalue weighted by molar-refractivity contribution is -0.114. The zero-order chi connectivity index (χ0) is 20.5. The summed E-state index contributed by atoms with van der Waals surface area (Å²) in [5.74, 6) is 1.35. The van der Waals surface area contributed by atoms with E-state index >= 15 is 0 Å². The van der Waals surface area contributed by atoms with E-state index in [1.165, 1.54) is 0 Å². The van der Waals surface area contributed by atoms with Gasteiger partial charge in [0.1, 0.15) is 24.7 Å². The molecule has 29 heavy (non-hydrogen) atoms. The Morgan fingerprint density at radius 1 is 1.14 bits per heavy atom. The van der Waals surface area contributed by atoms with E-state index in [-0.39, 0.29) is 18.6 Å². The maximum atomic E-state index is 12.2. The Morgan fingerprint density at radius 2 is 1.97 bits per heavy atom. The van der Waals surface area contributed by atoms with Gasteiger partial charge in [0.25, 0.3) is 0 Å². The number of ether oxygens (including phenoxy) is 3. The number of hydrogen-bond acceptors (Lipinski definition) is 5. The third-order valence-electron chi connectivity index (χ3n) is 4.37. The van der Waals surface area contributed by atoms with Gasteiger partial charge in [-0.25, -0.2) is 0 Å². The normalized spacial score (nSPS) is 15.6. The van der Waals surface area contributed by atoms with Crippen molar-refractivity contribution < 1.29 is 19.0 Å². The van der Waals surface area contributed by atoms with Crippen LogP contribution in [0.1, 0.15) is 19.8 Å². The highest BCUT2D eigenvalue weighted by molar-refractivity contribution is 5.93. The van der Waals surface area contributed by atoms with E-state index in [9.17, 15) is 4.79 Å². The molecule has 0 saturated carbocycles. The SMILES string of the molecule is C=C(C)COc1cccc(NC(=O)CNc2ccc(OCC3CCCO3)cc2)c1. The number of rotatable bonds is 10. The minimum atomic E-state index is -0.138. The van der Waals surface area contributed by atoms with Crippen molar-refractivity contribution >= 4 is 17.3 Å². The van der Waals surface area contributed by atoms with Crippen LogP contribution in [-0.2, 0) is 9.53 Å². The van der Waals surface area contributed by atoms with E-state index in [1.807, 2.05) is 49.4 Å². The smallest absolute Gasteiger partial charge is 0.243 e. The van der Waals surface area contributed by atoms with E-state index in [0.717, 1.165) is 36.5 Å². The number of anilines is 2. The average molecular weight is 396 g/mol. The quantitative estimate of drug-likeness (QED) is 0.588. The molecule has 1 saturated heterocycles. The molecule has 6 heteroatoms. The van der Waals surface area contributed by atoms with Crippen LogP contribution in [0.4, 0.5) is 11.4 Å². The molecule has 1 aliphatic heterocycles. The third-order valence-corrected chi connectivity index (χ3v) is 4.37. The first-order chi connectivity index (χ1) is 14.1. The zero-order valence-corrected chi connectivity index (χ0v) is 16.8. The second-order valence-corrected chi connectivity index (χ2v) is 7.15. The number of nitrogens with one attached hydrogen (secondary N) is 2. The second-order valence-electron chi connectivity index (χ2n) is 7.15. The summed E-state index contributed by atoms with van der Waals surface area (Å²) in [5.41, 5.74) is 2.48. The first-order valence-corrected chi connectivity index (χ1v) is 9.84. The molecule has 1 aliphatic rings. The predicted molar refractivity (Wildman–Crippen MR) is 115 cm³/mol. The van der Waals surface area contributed by atoms with Crippen molar-refractivity contribution in [3.8, 4) is 11.5 Å². The molecule has 1 unspecified atom stereocenters. The van der Waals surface area contributed by atoms with Crippen molar-refractivity contribution in [2.75, 3.05) is 37.0 Å². The van der Waals surface area contributed by atoms with Gasteiger partial charge in [0.15, 0.2) is 0 Å². The Hall–Kier alpha value is -2.99. The summed E-state index contributed by atoms with van der Waals surface area (Å²) >= 11 is 0. The maximum absolute atomic E-state index is 12.2. The largest absolute Gasteiger partial charge is 0.491 e. The minimum absolute atomic E-state index is 0.138. The molecule has 1 amide bonds. The van der Waals surface area contributed by atoms with Gasteiger partial charge in [-0.1, -0.05) is 12.6 Å². The second kappa shape index (κ2) is 10.5. The molecule has 1 atom stereocenters. The van der Waals surface area contributed by atoms with E-state index < -0.39 is 0 Å². The summed E-state index contributed by atoms with van der Waals surface area (Å²) in [7, 11) is 0. The first-order valence-electron chi connectivity index (χ1n) is 9.84. The van der Waals surface area contributed by atoms with Crippen LogP contribution in [0, 0.1) is 0 Å². The van der Waals surface area contributed by atoms with Crippen LogP contribution in [-0.4, -0.2) is 38.4 Å². The summed E-state index contributed by atoms with van der Waals surface area (Å²) in [6, 6.07) is 14.9. The summed E-state index contributed by atoms with van der Waals surface area (Å²) < 4.78 is 16.9. The Labute approximate surface area is 171 Å². The van der Waals surface area contributed by atoms with E-state index in [0.29, 0.717) is 24.7 Å². The molecule has 6 nitrogen and oxygen atoms in total. The summed E-state index contributed by atoms with van der Waals surface area (Å²) in [6.07, 6.45) is 2.35. The fourth-order valence-corrected chi connectivity index (χ4v) is 2.89. The molecule has 3 rings (SSSR count). The molecule has 2 aromatic carbocycles. The van der Waals surface area contributed by atoms with Crippen molar-refractivity contribution in [3.63, 3.8) is 0 Å². The molecule has 0 radical (unpaired) electrons. The van der Waals surface area contributed by atoms with E-state index in [4.69, 9.17) is 14.2 Å². The zero-order valence-electron chi connectivity index (χ0n) is 16.8. The molecule has 2 aromatic rings. The lowest BCUT2D eigenvalue weighted by Crippen LogP contribution is -2.21. The van der Waals surface area contributed by atoms with Gasteiger partial charge in [-0.05, 0) is 61.7 Å². The standard InChI is InChI=1S/C23H28N2O4/c1-17(2)15-28-21-6-3-5-19(13-21)25-23(26)14-24-18-8-10-20(11-9-18)29-16-22-7-4-12-27-22/h3,5-6,8-11,13,22,24H,1,4,7,12,14-16H2,2H3,(H,25,26). The van der Waals surface area contributed by atoms with Gasteiger partial charge in [-0.15, -0.1) is 0 Å². The molecule has 154 valence electrons. The molecule has 0 aliphatic carbocycles. The molecule has 2 N–H and O–H groups in total. The predicted octanol–water partition coefficient (Wildman–Crippen LogP) is 4.25. The Balaban J connectivity index is 1.41. The number of carbonyl (C=O) groups excluding carboxylic acids is 1. The van der Waals surface area contributed by atoms with Crippen LogP contribution < -0.4 is 20.1 Å². The van der Waals surface area contributed by atoms with E-state index in [1.54, 1.807) is 6.07 Å². The topological polar surface area (TPSA) is 68.8 Å². The van der Waals surface area contributed by atoms with Crippen LogP contribution >= 0.6 is 0 Å². The summed E-state index contributed by atoms with van der Waals surface area (Å²) in [6.45, 7) is 7.72. The average Bonchev–Trinajstić information content (AvgIpc) is 3.24. The fraction of sp³-hybridized carbons (Fsp3) is 0.348. The molecular weight excluding hydrogens is 368 g/mol. The van der Waals surface area contributed by atoms with Crippen molar-refractivity contribution in [2.24, 2.45) is 0 Å². The molecular formula is C23H28N2O4. The van der Waals surface area contributed by atoms with Gasteiger partial charge < -0.3 is 24.8 Å². The monoisotopic (exact) mass is 396 g/mol. The van der Waals surface area contributed by atoms with Crippen molar-refractivity contribution in [1.82, 2.24) is 0 Å². The van der Waals surface area contributed by atoms with Gasteiger partial charge in [0, 0.05) is 24.0 Å². The molecule has 1 fully saturated rings. The molecule has 1 heterocycles. The summed E-state index contributed by atoms with van der Waals surface area (Å²) in [4.78, 5) is 12.2. The third kappa shape index (κ3) is 7.16. The van der Waals surface area contributed by atoms with Crippen molar-refractivity contribution in [3.05, 3.63) is 60.7 Å². The molecule has 0 bridgehead atoms. The molecule has 0 spiro atoms. The Morgan fingerprint density at radius 3 is 2.69 bits per heavy atom. The maximum Gasteiger partial charge on any atom is 0.243 e. The number of hydrogen-bond donors (Lipinski definition) is 2. The lowest BCUT2D eigenvalue weighted by Gasteiger charge is -2.12. The van der Waals surface area contributed by atoms with Gasteiger partial charge >= 0.3 is 0 Å². The van der Waals surface area contributed by atoms with Gasteiger partial charge in [-0.2, -0.15) is 0 Å². The van der Waals surface area contributed by atoms with Crippen LogP contribution in [0.2, 0.25) is 0 Å². The van der Waals surface area contributed by atoms with Crippen LogP contribution in [0.25, 0.3) is 0 Å². The molecule has 0 aromatic heterocycles. The highest BCUT2D eigenvalue weighted by Crippen LogP contribution is 2.19. The Bertz CT molecular complexity index is 814. The van der Waals surface area contributed by atoms with Gasteiger partial charge in [0.2, 0.25) is 5.91 Å². The minimum Gasteiger partial charge on any atom is -0.491 e. The van der Waals surface area contributed by atoms with E-state index in [2.05, 4.69) is 17.2 Å². The van der Waals surface area contributed by atoms with Crippen LogP contribution in [0.15, 0.2) is 60.7 Å². The number of benzene rings is 2. The number of carbonyl (C=O) groups is 1. The Kier molecular flexibility index (Phi) is 7.53. The highest BCUT2D eigenvalue weighted by atomic mass is 16.5. The van der Waals surface area contributed by atoms with Gasteiger partial charge in [0.05, 0.1) is 12.6 Å². The lowest BCUT2D eigenvalue weighted by atomic mass is 10.2. The summed E-state index contributed by atoms with van der Waals surface area (Å²) in [5, 5.41) is 5.97. The van der Waals surface area contributed by atoms with Gasteiger partial charge in [-0.3, -0.25) is 4.79 Å². The van der Waals surface area contributed by atoms with Crippen molar-refractivity contribution in [1.29, 1.82) is 0 Å². The highest BCUT2D eigenvalue weighted by Gasteiger charge is 2.15. The first kappa shape index (κ1) is 20.7.